The third-order valence-corrected chi connectivity index (χ3v) is 4.37. The van der Waals surface area contributed by atoms with Crippen molar-refractivity contribution in [3.8, 4) is 0 Å². The molecule has 0 saturated heterocycles. The molecule has 1 aliphatic rings. The van der Waals surface area contributed by atoms with Gasteiger partial charge in [0.25, 0.3) is 0 Å². The van der Waals surface area contributed by atoms with Crippen molar-refractivity contribution in [1.82, 2.24) is 9.78 Å². The van der Waals surface area contributed by atoms with Crippen molar-refractivity contribution in [3.63, 3.8) is 0 Å². The molecule has 2 rings (SSSR count). The molecule has 0 amide bonds. The van der Waals surface area contributed by atoms with Gasteiger partial charge in [-0.05, 0) is 45.1 Å². The Labute approximate surface area is 123 Å². The smallest absolute Gasteiger partial charge is 0.389 e. The van der Waals surface area contributed by atoms with Crippen molar-refractivity contribution < 1.29 is 18.3 Å². The summed E-state index contributed by atoms with van der Waals surface area (Å²) in [6, 6.07) is 1.90. The standard InChI is InChI=1S/C15H23F3N2O/c1-3-12-8-13(20(4-2)19-12)10-14(21)7-5-6-11(9-14)15(16,17)18/h8,11,21H,3-7,9-10H2,1-2H3. The van der Waals surface area contributed by atoms with E-state index in [0.29, 0.717) is 19.4 Å². The molecule has 120 valence electrons. The molecule has 1 heterocycles. The Morgan fingerprint density at radius 3 is 2.71 bits per heavy atom. The normalized spacial score (nSPS) is 27.0. The first-order chi connectivity index (χ1) is 9.77. The number of aliphatic hydroxyl groups is 1. The maximum Gasteiger partial charge on any atom is 0.391 e. The Morgan fingerprint density at radius 2 is 2.14 bits per heavy atom. The van der Waals surface area contributed by atoms with Crippen LogP contribution in [0.4, 0.5) is 13.2 Å². The predicted molar refractivity (Wildman–Crippen MR) is 73.9 cm³/mol. The highest BCUT2D eigenvalue weighted by Crippen LogP contribution is 2.42. The minimum Gasteiger partial charge on any atom is -0.389 e. The molecule has 0 bridgehead atoms. The Bertz CT molecular complexity index is 484. The molecule has 1 aliphatic carbocycles. The van der Waals surface area contributed by atoms with E-state index in [9.17, 15) is 18.3 Å². The highest BCUT2D eigenvalue weighted by Gasteiger charge is 2.47. The Morgan fingerprint density at radius 1 is 1.43 bits per heavy atom. The van der Waals surface area contributed by atoms with Crippen LogP contribution >= 0.6 is 0 Å². The molecule has 6 heteroatoms. The fraction of sp³-hybridized carbons (Fsp3) is 0.800. The van der Waals surface area contributed by atoms with Gasteiger partial charge < -0.3 is 5.11 Å². The van der Waals surface area contributed by atoms with E-state index in [1.54, 1.807) is 4.68 Å². The van der Waals surface area contributed by atoms with Gasteiger partial charge in [-0.3, -0.25) is 4.68 Å². The zero-order valence-corrected chi connectivity index (χ0v) is 12.6. The average Bonchev–Trinajstić information content (AvgIpc) is 2.79. The molecule has 2 unspecified atom stereocenters. The Hall–Kier alpha value is -1.04. The second kappa shape index (κ2) is 5.99. The predicted octanol–water partition coefficient (Wildman–Crippen LogP) is 3.49. The van der Waals surface area contributed by atoms with Crippen LogP contribution in [0.1, 0.15) is 50.9 Å². The number of nitrogens with zero attached hydrogens (tertiary/aromatic N) is 2. The van der Waals surface area contributed by atoms with Crippen LogP contribution in [0.5, 0.6) is 0 Å². The van der Waals surface area contributed by atoms with Gasteiger partial charge >= 0.3 is 6.18 Å². The first-order valence-corrected chi connectivity index (χ1v) is 7.62. The third kappa shape index (κ3) is 3.78. The molecule has 1 N–H and O–H groups in total. The summed E-state index contributed by atoms with van der Waals surface area (Å²) in [7, 11) is 0. The third-order valence-electron chi connectivity index (χ3n) is 4.37. The van der Waals surface area contributed by atoms with Crippen molar-refractivity contribution in [2.75, 3.05) is 0 Å². The lowest BCUT2D eigenvalue weighted by Crippen LogP contribution is -2.42. The number of hydrogen-bond donors (Lipinski definition) is 1. The average molecular weight is 304 g/mol. The fourth-order valence-corrected chi connectivity index (χ4v) is 3.22. The van der Waals surface area contributed by atoms with Gasteiger partial charge in [0.05, 0.1) is 17.2 Å². The molecular formula is C15H23F3N2O. The van der Waals surface area contributed by atoms with Gasteiger partial charge in [-0.25, -0.2) is 0 Å². The van der Waals surface area contributed by atoms with Gasteiger partial charge in [-0.15, -0.1) is 0 Å². The van der Waals surface area contributed by atoms with Gasteiger partial charge in [-0.2, -0.15) is 18.3 Å². The monoisotopic (exact) mass is 304 g/mol. The van der Waals surface area contributed by atoms with E-state index in [1.165, 1.54) is 0 Å². The molecule has 3 nitrogen and oxygen atoms in total. The van der Waals surface area contributed by atoms with Gasteiger partial charge in [0.2, 0.25) is 0 Å². The number of rotatable bonds is 4. The summed E-state index contributed by atoms with van der Waals surface area (Å²) in [5.41, 5.74) is 0.481. The number of hydrogen-bond acceptors (Lipinski definition) is 2. The zero-order valence-electron chi connectivity index (χ0n) is 12.6. The summed E-state index contributed by atoms with van der Waals surface area (Å²) in [5, 5.41) is 15.0. The van der Waals surface area contributed by atoms with Crippen LogP contribution in [0.2, 0.25) is 0 Å². The second-order valence-electron chi connectivity index (χ2n) is 6.03. The summed E-state index contributed by atoms with van der Waals surface area (Å²) < 4.78 is 40.5. The van der Waals surface area contributed by atoms with Crippen LogP contribution in [-0.2, 0) is 19.4 Å². The van der Waals surface area contributed by atoms with Crippen LogP contribution in [0, 0.1) is 5.92 Å². The van der Waals surface area contributed by atoms with Crippen molar-refractivity contribution >= 4 is 0 Å². The van der Waals surface area contributed by atoms with Gasteiger partial charge in [0.1, 0.15) is 0 Å². The summed E-state index contributed by atoms with van der Waals surface area (Å²) >= 11 is 0. The van der Waals surface area contributed by atoms with E-state index in [0.717, 1.165) is 17.8 Å². The SMILES string of the molecule is CCc1cc(CC2(O)CCCC(C(F)(F)F)C2)n(CC)n1. The Kier molecular flexibility index (Phi) is 4.66. The largest absolute Gasteiger partial charge is 0.391 e. The van der Waals surface area contributed by atoms with Crippen molar-refractivity contribution in [1.29, 1.82) is 0 Å². The number of alkyl halides is 3. The quantitative estimate of drug-likeness (QED) is 0.924. The number of halogens is 3. The van der Waals surface area contributed by atoms with Gasteiger partial charge in [-0.1, -0.05) is 6.92 Å². The maximum atomic E-state index is 12.9. The molecule has 0 spiro atoms. The lowest BCUT2D eigenvalue weighted by molar-refractivity contribution is -0.200. The van der Waals surface area contributed by atoms with E-state index in [2.05, 4.69) is 5.10 Å². The molecule has 1 aromatic rings. The molecule has 1 fully saturated rings. The van der Waals surface area contributed by atoms with E-state index < -0.39 is 17.7 Å². The first kappa shape index (κ1) is 16.3. The summed E-state index contributed by atoms with van der Waals surface area (Å²) in [6.45, 7) is 4.59. The Balaban J connectivity index is 2.15. The maximum absolute atomic E-state index is 12.9. The zero-order chi connectivity index (χ0) is 15.7. The molecule has 21 heavy (non-hydrogen) atoms. The van der Waals surface area contributed by atoms with Crippen LogP contribution in [-0.4, -0.2) is 26.7 Å². The van der Waals surface area contributed by atoms with Crippen LogP contribution in [0.25, 0.3) is 0 Å². The number of aryl methyl sites for hydroxylation is 2. The van der Waals surface area contributed by atoms with Gasteiger partial charge in [0.15, 0.2) is 0 Å². The minimum absolute atomic E-state index is 0.124. The molecule has 1 saturated carbocycles. The fourth-order valence-electron chi connectivity index (χ4n) is 3.22. The number of aromatic nitrogens is 2. The second-order valence-corrected chi connectivity index (χ2v) is 6.03. The highest BCUT2D eigenvalue weighted by atomic mass is 19.4. The van der Waals surface area contributed by atoms with E-state index in [4.69, 9.17) is 0 Å². The van der Waals surface area contributed by atoms with E-state index in [1.807, 2.05) is 19.9 Å². The lowest BCUT2D eigenvalue weighted by atomic mass is 9.75. The van der Waals surface area contributed by atoms with Crippen molar-refractivity contribution in [2.24, 2.45) is 5.92 Å². The van der Waals surface area contributed by atoms with Crippen LogP contribution in [0.15, 0.2) is 6.07 Å². The van der Waals surface area contributed by atoms with Crippen LogP contribution in [0.3, 0.4) is 0 Å². The van der Waals surface area contributed by atoms with Crippen molar-refractivity contribution in [3.05, 3.63) is 17.5 Å². The molecule has 2 atom stereocenters. The molecule has 1 aromatic heterocycles. The molecular weight excluding hydrogens is 281 g/mol. The van der Waals surface area contributed by atoms with E-state index in [-0.39, 0.29) is 19.3 Å². The molecule has 0 aliphatic heterocycles. The summed E-state index contributed by atoms with van der Waals surface area (Å²) in [5.74, 6) is -1.39. The van der Waals surface area contributed by atoms with Crippen molar-refractivity contribution in [2.45, 2.75) is 70.7 Å². The molecule has 0 radical (unpaired) electrons. The summed E-state index contributed by atoms with van der Waals surface area (Å²) in [4.78, 5) is 0. The van der Waals surface area contributed by atoms with Gasteiger partial charge in [0, 0.05) is 18.7 Å². The van der Waals surface area contributed by atoms with Crippen LogP contribution < -0.4 is 0 Å². The molecule has 0 aromatic carbocycles. The highest BCUT2D eigenvalue weighted by molar-refractivity contribution is 5.14. The lowest BCUT2D eigenvalue weighted by Gasteiger charge is -2.37. The minimum atomic E-state index is -4.21. The summed E-state index contributed by atoms with van der Waals surface area (Å²) in [6.07, 6.45) is -2.42. The van der Waals surface area contributed by atoms with E-state index >= 15 is 0 Å². The topological polar surface area (TPSA) is 38.0 Å². The first-order valence-electron chi connectivity index (χ1n) is 7.62.